The first-order valence-corrected chi connectivity index (χ1v) is 20.6. The number of nitrogens with zero attached hydrogens (tertiary/aromatic N) is 2. The van der Waals surface area contributed by atoms with Crippen LogP contribution in [0.5, 0.6) is 0 Å². The van der Waals surface area contributed by atoms with E-state index in [1.54, 1.807) is 0 Å². The summed E-state index contributed by atoms with van der Waals surface area (Å²) in [5.74, 6) is 0. The van der Waals surface area contributed by atoms with E-state index in [-0.39, 0.29) is 13.4 Å². The summed E-state index contributed by atoms with van der Waals surface area (Å²) in [6.07, 6.45) is 8.04. The fourth-order valence-electron chi connectivity index (χ4n) is 9.60. The zero-order chi connectivity index (χ0) is 39.1. The maximum Gasteiger partial charge on any atom is 0.241 e. The van der Waals surface area contributed by atoms with Gasteiger partial charge >= 0.3 is 0 Å². The van der Waals surface area contributed by atoms with Crippen LogP contribution in [0.4, 0.5) is 0 Å². The molecule has 0 fully saturated rings. The molecule has 0 radical (unpaired) electrons. The zero-order valence-electron chi connectivity index (χ0n) is 32.7. The highest BCUT2D eigenvalue weighted by Crippen LogP contribution is 2.40. The van der Waals surface area contributed by atoms with Crippen molar-refractivity contribution in [3.8, 4) is 11.4 Å². The zero-order valence-corrected chi connectivity index (χ0v) is 32.7. The van der Waals surface area contributed by atoms with Gasteiger partial charge in [-0.25, -0.2) is 0 Å². The number of allylic oxidation sites excluding steroid dienone is 3. The Bertz CT molecular complexity index is 3070. The quantitative estimate of drug-likeness (QED) is 0.137. The summed E-state index contributed by atoms with van der Waals surface area (Å²) < 4.78 is 4.97. The van der Waals surface area contributed by atoms with Crippen molar-refractivity contribution in [1.82, 2.24) is 9.13 Å². The molecule has 2 aromatic heterocycles. The van der Waals surface area contributed by atoms with Crippen molar-refractivity contribution >= 4 is 79.5 Å². The van der Waals surface area contributed by atoms with E-state index in [0.29, 0.717) is 0 Å². The molecule has 276 valence electrons. The standard InChI is InChI=1S/C55H40B2N2/c1-7-20-40(21-8-1)56(41-22-9-2-10-23-41)44-28-19-33-52-48(36-44)50-38-51-49-37-45(57(42-24-11-3-12-25-42)43-26-13-4-14-27-43)34-35-53(49)59(47-31-17-6-18-32-47)55(51)39-54(50)58(52)46-29-15-5-16-30-46/h1-32,34-39H,33H2. The minimum atomic E-state index is 0.0916. The summed E-state index contributed by atoms with van der Waals surface area (Å²) in [5, 5.41) is 3.77. The molecule has 1 aliphatic carbocycles. The lowest BCUT2D eigenvalue weighted by Gasteiger charge is -2.16. The van der Waals surface area contributed by atoms with Crippen molar-refractivity contribution < 1.29 is 0 Å². The van der Waals surface area contributed by atoms with E-state index in [1.807, 2.05) is 0 Å². The average molecular weight is 751 g/mol. The molecular formula is C55H40B2N2. The van der Waals surface area contributed by atoms with Gasteiger partial charge in [0, 0.05) is 45.2 Å². The third-order valence-corrected chi connectivity index (χ3v) is 12.2. The maximum absolute atomic E-state index is 2.51. The second-order valence-electron chi connectivity index (χ2n) is 15.6. The van der Waals surface area contributed by atoms with Gasteiger partial charge in [-0.2, -0.15) is 0 Å². The fourth-order valence-corrected chi connectivity index (χ4v) is 9.60. The largest absolute Gasteiger partial charge is 0.313 e. The van der Waals surface area contributed by atoms with Crippen molar-refractivity contribution in [2.45, 2.75) is 6.42 Å². The molecule has 1 aliphatic rings. The van der Waals surface area contributed by atoms with Crippen LogP contribution in [0.15, 0.2) is 230 Å². The van der Waals surface area contributed by atoms with Gasteiger partial charge < -0.3 is 9.13 Å². The van der Waals surface area contributed by atoms with Crippen LogP contribution in [0.25, 0.3) is 50.2 Å². The fraction of sp³-hybridized carbons (Fsp3) is 0.0182. The van der Waals surface area contributed by atoms with Crippen molar-refractivity contribution in [1.29, 1.82) is 0 Å². The average Bonchev–Trinajstić information content (AvgIpc) is 3.68. The molecule has 10 aromatic rings. The van der Waals surface area contributed by atoms with Gasteiger partial charge in [-0.05, 0) is 42.5 Å². The van der Waals surface area contributed by atoms with Gasteiger partial charge in [-0.3, -0.25) is 0 Å². The second kappa shape index (κ2) is 14.9. The summed E-state index contributed by atoms with van der Waals surface area (Å²) in [7, 11) is 0. The molecule has 0 saturated carbocycles. The smallest absolute Gasteiger partial charge is 0.241 e. The number of benzene rings is 8. The summed E-state index contributed by atoms with van der Waals surface area (Å²) in [6, 6.07) is 77.6. The summed E-state index contributed by atoms with van der Waals surface area (Å²) in [5.41, 5.74) is 16.2. The Morgan fingerprint density at radius 2 is 0.814 bits per heavy atom. The molecule has 2 nitrogen and oxygen atoms in total. The maximum atomic E-state index is 2.51. The SMILES string of the molecule is C1=CC(B(c2ccccc2)c2ccccc2)=Cc2c(n(-c3ccccc3)c3cc4c(cc23)c2cc(B(c3ccccc3)c3ccccc3)ccc2n4-c2ccccc2)C1. The van der Waals surface area contributed by atoms with Crippen LogP contribution in [0.1, 0.15) is 11.3 Å². The van der Waals surface area contributed by atoms with Crippen LogP contribution in [-0.2, 0) is 6.42 Å². The van der Waals surface area contributed by atoms with Crippen molar-refractivity contribution in [2.75, 3.05) is 0 Å². The highest BCUT2D eigenvalue weighted by Gasteiger charge is 2.28. The van der Waals surface area contributed by atoms with Crippen LogP contribution in [0.3, 0.4) is 0 Å². The Kier molecular flexibility index (Phi) is 8.82. The Balaban J connectivity index is 1.22. The third-order valence-electron chi connectivity index (χ3n) is 12.2. The number of aromatic nitrogens is 2. The molecule has 59 heavy (non-hydrogen) atoms. The first-order valence-electron chi connectivity index (χ1n) is 20.6. The predicted octanol–water partition coefficient (Wildman–Crippen LogP) is 9.59. The summed E-state index contributed by atoms with van der Waals surface area (Å²) >= 11 is 0. The molecular weight excluding hydrogens is 710 g/mol. The molecule has 0 saturated heterocycles. The van der Waals surface area contributed by atoms with Crippen LogP contribution >= 0.6 is 0 Å². The number of hydrogen-bond acceptors (Lipinski definition) is 0. The van der Waals surface area contributed by atoms with E-state index >= 15 is 0 Å². The van der Waals surface area contributed by atoms with Crippen LogP contribution < -0.4 is 27.3 Å². The molecule has 8 aromatic carbocycles. The third kappa shape index (κ3) is 6.16. The van der Waals surface area contributed by atoms with Gasteiger partial charge in [0.1, 0.15) is 0 Å². The van der Waals surface area contributed by atoms with Crippen molar-refractivity contribution in [2.24, 2.45) is 0 Å². The topological polar surface area (TPSA) is 9.86 Å². The number of fused-ring (bicyclic) bond motifs is 6. The minimum absolute atomic E-state index is 0.0916. The van der Waals surface area contributed by atoms with E-state index in [1.165, 1.54) is 82.4 Å². The van der Waals surface area contributed by atoms with Gasteiger partial charge in [0.15, 0.2) is 0 Å². The molecule has 2 heterocycles. The lowest BCUT2D eigenvalue weighted by molar-refractivity contribution is 1.00. The number of rotatable bonds is 8. The van der Waals surface area contributed by atoms with E-state index in [0.717, 1.165) is 12.1 Å². The summed E-state index contributed by atoms with van der Waals surface area (Å²) in [4.78, 5) is 0. The Labute approximate surface area is 346 Å². The highest BCUT2D eigenvalue weighted by atomic mass is 15.0. The van der Waals surface area contributed by atoms with E-state index in [2.05, 4.69) is 240 Å². The Morgan fingerprint density at radius 1 is 0.356 bits per heavy atom. The molecule has 0 amide bonds. The van der Waals surface area contributed by atoms with E-state index in [4.69, 9.17) is 0 Å². The lowest BCUT2D eigenvalue weighted by Crippen LogP contribution is -2.51. The Hall–Kier alpha value is -7.29. The molecule has 0 spiro atoms. The monoisotopic (exact) mass is 750 g/mol. The molecule has 0 bridgehead atoms. The van der Waals surface area contributed by atoms with E-state index < -0.39 is 0 Å². The number of hydrogen-bond donors (Lipinski definition) is 0. The molecule has 11 rings (SSSR count). The minimum Gasteiger partial charge on any atom is -0.313 e. The van der Waals surface area contributed by atoms with E-state index in [9.17, 15) is 0 Å². The van der Waals surface area contributed by atoms with Gasteiger partial charge in [0.25, 0.3) is 0 Å². The van der Waals surface area contributed by atoms with Gasteiger partial charge in [-0.1, -0.05) is 221 Å². The predicted molar refractivity (Wildman–Crippen MR) is 254 cm³/mol. The highest BCUT2D eigenvalue weighted by molar-refractivity contribution is 6.95. The molecule has 4 heteroatoms. The normalized spacial score (nSPS) is 12.4. The van der Waals surface area contributed by atoms with Crippen molar-refractivity contribution in [3.63, 3.8) is 0 Å². The number of para-hydroxylation sites is 2. The van der Waals surface area contributed by atoms with Gasteiger partial charge in [0.2, 0.25) is 13.4 Å². The van der Waals surface area contributed by atoms with Gasteiger partial charge in [0.05, 0.1) is 16.6 Å². The van der Waals surface area contributed by atoms with Crippen LogP contribution in [-0.4, -0.2) is 22.6 Å². The van der Waals surface area contributed by atoms with Crippen LogP contribution in [0.2, 0.25) is 0 Å². The summed E-state index contributed by atoms with van der Waals surface area (Å²) in [6.45, 7) is 0.189. The van der Waals surface area contributed by atoms with Gasteiger partial charge in [-0.15, -0.1) is 0 Å². The second-order valence-corrected chi connectivity index (χ2v) is 15.6. The molecule has 0 atom stereocenters. The Morgan fingerprint density at radius 3 is 1.36 bits per heavy atom. The van der Waals surface area contributed by atoms with Crippen molar-refractivity contribution in [3.05, 3.63) is 241 Å². The lowest BCUT2D eigenvalue weighted by atomic mass is 9.36. The molecule has 0 unspecified atom stereocenters. The molecule has 0 aliphatic heterocycles. The molecule has 0 N–H and O–H groups in total. The van der Waals surface area contributed by atoms with Crippen LogP contribution in [0, 0.1) is 0 Å². The first-order chi connectivity index (χ1) is 29.3. The first kappa shape index (κ1) is 34.9.